The smallest absolute Gasteiger partial charge is 0.230 e. The molecule has 1 fully saturated rings. The summed E-state index contributed by atoms with van der Waals surface area (Å²) in [6, 6.07) is 10.1. The first-order chi connectivity index (χ1) is 11.2. The molecule has 1 heterocycles. The molecular formula is C16H20N4O2S. The van der Waals surface area contributed by atoms with Crippen LogP contribution in [0.4, 0.5) is 0 Å². The Morgan fingerprint density at radius 3 is 2.87 bits per heavy atom. The van der Waals surface area contributed by atoms with E-state index in [-0.39, 0.29) is 5.91 Å². The summed E-state index contributed by atoms with van der Waals surface area (Å²) >= 11 is 1.44. The van der Waals surface area contributed by atoms with E-state index in [0.29, 0.717) is 24.9 Å². The third-order valence-corrected chi connectivity index (χ3v) is 4.46. The largest absolute Gasteiger partial charge is 0.492 e. The van der Waals surface area contributed by atoms with Gasteiger partial charge in [0.2, 0.25) is 5.91 Å². The lowest BCUT2D eigenvalue weighted by Gasteiger charge is -2.08. The van der Waals surface area contributed by atoms with Gasteiger partial charge in [-0.05, 0) is 31.9 Å². The quantitative estimate of drug-likeness (QED) is 0.593. The molecule has 1 aliphatic rings. The van der Waals surface area contributed by atoms with Crippen LogP contribution in [0.1, 0.15) is 24.7 Å². The fourth-order valence-corrected chi connectivity index (χ4v) is 3.14. The minimum atomic E-state index is -0.0188. The van der Waals surface area contributed by atoms with Crippen LogP contribution in [0.3, 0.4) is 0 Å². The number of aromatic nitrogens is 3. The zero-order valence-electron chi connectivity index (χ0n) is 13.1. The third kappa shape index (κ3) is 4.48. The summed E-state index contributed by atoms with van der Waals surface area (Å²) < 4.78 is 7.67. The fraction of sp³-hybridized carbons (Fsp3) is 0.438. The summed E-state index contributed by atoms with van der Waals surface area (Å²) in [7, 11) is 0. The van der Waals surface area contributed by atoms with Gasteiger partial charge in [-0.1, -0.05) is 30.0 Å². The number of hydrogen-bond donors (Lipinski definition) is 1. The summed E-state index contributed by atoms with van der Waals surface area (Å²) in [5, 5.41) is 11.9. The number of nitrogens with zero attached hydrogens (tertiary/aromatic N) is 3. The van der Waals surface area contributed by atoms with Gasteiger partial charge in [-0.3, -0.25) is 4.79 Å². The van der Waals surface area contributed by atoms with E-state index in [1.54, 1.807) is 0 Å². The molecule has 0 aliphatic heterocycles. The Balaban J connectivity index is 1.37. The van der Waals surface area contributed by atoms with E-state index in [2.05, 4.69) is 20.1 Å². The van der Waals surface area contributed by atoms with E-state index >= 15 is 0 Å². The molecule has 3 rings (SSSR count). The predicted octanol–water partition coefficient (Wildman–Crippen LogP) is 2.21. The molecule has 0 bridgehead atoms. The monoisotopic (exact) mass is 332 g/mol. The van der Waals surface area contributed by atoms with Crippen LogP contribution in [0.5, 0.6) is 5.75 Å². The van der Waals surface area contributed by atoms with Gasteiger partial charge in [0.1, 0.15) is 18.2 Å². The number of aryl methyl sites for hydroxylation is 1. The van der Waals surface area contributed by atoms with Crippen molar-refractivity contribution in [2.75, 3.05) is 18.9 Å². The van der Waals surface area contributed by atoms with E-state index in [0.717, 1.165) is 16.7 Å². The highest BCUT2D eigenvalue weighted by Crippen LogP contribution is 2.38. The molecule has 0 atom stereocenters. The van der Waals surface area contributed by atoms with Gasteiger partial charge in [0.25, 0.3) is 0 Å². The zero-order chi connectivity index (χ0) is 16.1. The van der Waals surface area contributed by atoms with Gasteiger partial charge < -0.3 is 14.6 Å². The summed E-state index contributed by atoms with van der Waals surface area (Å²) in [6.45, 7) is 2.90. The highest BCUT2D eigenvalue weighted by molar-refractivity contribution is 7.99. The third-order valence-electron chi connectivity index (χ3n) is 3.52. The molecule has 1 aromatic heterocycles. The number of para-hydroxylation sites is 1. The Kier molecular flexibility index (Phi) is 5.17. The highest BCUT2D eigenvalue weighted by atomic mass is 32.2. The summed E-state index contributed by atoms with van der Waals surface area (Å²) in [5.41, 5.74) is 0. The second kappa shape index (κ2) is 7.50. The maximum absolute atomic E-state index is 11.9. The van der Waals surface area contributed by atoms with Crippen molar-refractivity contribution in [2.45, 2.75) is 31.0 Å². The highest BCUT2D eigenvalue weighted by Gasteiger charge is 2.28. The number of nitrogens with one attached hydrogen (secondary N) is 1. The Morgan fingerprint density at radius 1 is 1.35 bits per heavy atom. The van der Waals surface area contributed by atoms with Crippen molar-refractivity contribution in [1.82, 2.24) is 20.1 Å². The van der Waals surface area contributed by atoms with Crippen molar-refractivity contribution in [3.8, 4) is 5.75 Å². The van der Waals surface area contributed by atoms with Gasteiger partial charge in [0.05, 0.1) is 12.3 Å². The van der Waals surface area contributed by atoms with Crippen LogP contribution < -0.4 is 10.1 Å². The van der Waals surface area contributed by atoms with Gasteiger partial charge in [-0.25, -0.2) is 0 Å². The Hall–Kier alpha value is -2.02. The molecular weight excluding hydrogens is 312 g/mol. The molecule has 1 aromatic carbocycles. The van der Waals surface area contributed by atoms with Gasteiger partial charge in [-0.2, -0.15) is 0 Å². The zero-order valence-corrected chi connectivity index (χ0v) is 13.9. The number of thioether (sulfide) groups is 1. The average Bonchev–Trinajstić information content (AvgIpc) is 3.33. The molecule has 23 heavy (non-hydrogen) atoms. The number of carbonyl (C=O) groups is 1. The van der Waals surface area contributed by atoms with Crippen LogP contribution in [0.15, 0.2) is 35.5 Å². The molecule has 0 radical (unpaired) electrons. The number of carbonyl (C=O) groups excluding carboxylic acids is 1. The molecule has 1 N–H and O–H groups in total. The molecule has 7 heteroatoms. The van der Waals surface area contributed by atoms with Crippen LogP contribution in [-0.4, -0.2) is 39.6 Å². The first kappa shape index (κ1) is 15.9. The molecule has 0 unspecified atom stereocenters. The maximum Gasteiger partial charge on any atom is 0.230 e. The molecule has 0 saturated heterocycles. The van der Waals surface area contributed by atoms with Crippen LogP contribution in [0.2, 0.25) is 0 Å². The minimum absolute atomic E-state index is 0.0188. The van der Waals surface area contributed by atoms with E-state index in [1.807, 2.05) is 37.3 Å². The molecule has 6 nitrogen and oxygen atoms in total. The first-order valence-corrected chi connectivity index (χ1v) is 8.71. The van der Waals surface area contributed by atoms with E-state index < -0.39 is 0 Å². The second-order valence-corrected chi connectivity index (χ2v) is 6.37. The SMILES string of the molecule is Cc1nnc(SCC(=O)NCCOc2ccccc2)n1C1CC1. The average molecular weight is 332 g/mol. The number of ether oxygens (including phenoxy) is 1. The van der Waals surface area contributed by atoms with Gasteiger partial charge in [0, 0.05) is 6.04 Å². The van der Waals surface area contributed by atoms with Gasteiger partial charge in [-0.15, -0.1) is 10.2 Å². The normalized spacial score (nSPS) is 13.8. The van der Waals surface area contributed by atoms with Crippen LogP contribution in [0.25, 0.3) is 0 Å². The standard InChI is InChI=1S/C16H20N4O2S/c1-12-18-19-16(20(12)13-7-8-13)23-11-15(21)17-9-10-22-14-5-3-2-4-6-14/h2-6,13H,7-11H2,1H3,(H,17,21). The summed E-state index contributed by atoms with van der Waals surface area (Å²) in [5.74, 6) is 2.06. The van der Waals surface area contributed by atoms with Crippen LogP contribution in [0, 0.1) is 6.92 Å². The van der Waals surface area contributed by atoms with E-state index in [4.69, 9.17) is 4.74 Å². The number of hydrogen-bond acceptors (Lipinski definition) is 5. The lowest BCUT2D eigenvalue weighted by molar-refractivity contribution is -0.118. The molecule has 1 amide bonds. The lowest BCUT2D eigenvalue weighted by Crippen LogP contribution is -2.29. The fourth-order valence-electron chi connectivity index (χ4n) is 2.26. The lowest BCUT2D eigenvalue weighted by atomic mass is 10.3. The summed E-state index contributed by atoms with van der Waals surface area (Å²) in [6.07, 6.45) is 2.35. The molecule has 0 spiro atoms. The second-order valence-electron chi connectivity index (χ2n) is 5.43. The molecule has 122 valence electrons. The molecule has 1 saturated carbocycles. The Labute approximate surface area is 139 Å². The number of amides is 1. The predicted molar refractivity (Wildman–Crippen MR) is 88.7 cm³/mol. The van der Waals surface area contributed by atoms with Gasteiger partial charge >= 0.3 is 0 Å². The van der Waals surface area contributed by atoms with Crippen molar-refractivity contribution in [3.63, 3.8) is 0 Å². The Bertz CT molecular complexity index is 655. The Morgan fingerprint density at radius 2 is 2.13 bits per heavy atom. The number of rotatable bonds is 8. The topological polar surface area (TPSA) is 69.0 Å². The number of benzene rings is 1. The minimum Gasteiger partial charge on any atom is -0.492 e. The van der Waals surface area contributed by atoms with Crippen LogP contribution in [-0.2, 0) is 4.79 Å². The maximum atomic E-state index is 11.9. The van der Waals surface area contributed by atoms with Crippen molar-refractivity contribution in [2.24, 2.45) is 0 Å². The first-order valence-electron chi connectivity index (χ1n) is 7.73. The van der Waals surface area contributed by atoms with Crippen molar-refractivity contribution in [3.05, 3.63) is 36.2 Å². The molecule has 2 aromatic rings. The summed E-state index contributed by atoms with van der Waals surface area (Å²) in [4.78, 5) is 11.9. The van der Waals surface area contributed by atoms with Crippen molar-refractivity contribution >= 4 is 17.7 Å². The van der Waals surface area contributed by atoms with E-state index in [9.17, 15) is 4.79 Å². The van der Waals surface area contributed by atoms with Gasteiger partial charge in [0.15, 0.2) is 5.16 Å². The van der Waals surface area contributed by atoms with Crippen molar-refractivity contribution in [1.29, 1.82) is 0 Å². The van der Waals surface area contributed by atoms with Crippen molar-refractivity contribution < 1.29 is 9.53 Å². The van der Waals surface area contributed by atoms with E-state index in [1.165, 1.54) is 24.6 Å². The van der Waals surface area contributed by atoms with Crippen LogP contribution >= 0.6 is 11.8 Å². The molecule has 1 aliphatic carbocycles.